The lowest BCUT2D eigenvalue weighted by atomic mass is 9.95. The number of rotatable bonds is 6. The molecule has 8 heteroatoms. The highest BCUT2D eigenvalue weighted by atomic mass is 35.5. The third-order valence-corrected chi connectivity index (χ3v) is 8.61. The first-order valence-electron chi connectivity index (χ1n) is 15.0. The van der Waals surface area contributed by atoms with E-state index in [1.807, 2.05) is 42.5 Å². The molecule has 0 atom stereocenters. The number of fused-ring (bicyclic) bond motifs is 2. The van der Waals surface area contributed by atoms with Crippen LogP contribution in [0.3, 0.4) is 0 Å². The largest absolute Gasteiger partial charge is 0.508 e. The Hall–Kier alpha value is -4.75. The van der Waals surface area contributed by atoms with Crippen molar-refractivity contribution >= 4 is 39.6 Å². The van der Waals surface area contributed by atoms with Crippen LogP contribution in [0.25, 0.3) is 55.8 Å². The Kier molecular flexibility index (Phi) is 7.48. The van der Waals surface area contributed by atoms with Crippen LogP contribution in [0.2, 0.25) is 5.02 Å². The molecule has 220 valence electrons. The summed E-state index contributed by atoms with van der Waals surface area (Å²) in [4.78, 5) is 27.2. The van der Waals surface area contributed by atoms with Gasteiger partial charge in [-0.1, -0.05) is 55.1 Å². The number of carbonyl (C=O) groups is 1. The zero-order valence-corrected chi connectivity index (χ0v) is 25.1. The molecular formula is C36H31ClN4O3. The molecular weight excluding hydrogens is 572 g/mol. The van der Waals surface area contributed by atoms with E-state index in [4.69, 9.17) is 31.3 Å². The minimum atomic E-state index is -0.394. The van der Waals surface area contributed by atoms with E-state index in [9.17, 15) is 9.90 Å². The lowest BCUT2D eigenvalue weighted by molar-refractivity contribution is 0.0526. The minimum Gasteiger partial charge on any atom is -0.508 e. The molecule has 0 saturated heterocycles. The van der Waals surface area contributed by atoms with Crippen molar-refractivity contribution in [3.05, 3.63) is 95.6 Å². The second-order valence-corrected chi connectivity index (χ2v) is 11.7. The molecule has 1 aliphatic rings. The fourth-order valence-electron chi connectivity index (χ4n) is 6.24. The second kappa shape index (κ2) is 11.7. The molecule has 7 rings (SSSR count). The molecule has 1 aliphatic carbocycles. The lowest BCUT2D eigenvalue weighted by Gasteiger charge is -2.25. The molecule has 6 aromatic rings. The molecule has 1 fully saturated rings. The monoisotopic (exact) mass is 602 g/mol. The van der Waals surface area contributed by atoms with Crippen LogP contribution in [0.4, 0.5) is 0 Å². The van der Waals surface area contributed by atoms with Crippen molar-refractivity contribution in [3.63, 3.8) is 0 Å². The molecule has 0 bridgehead atoms. The third kappa shape index (κ3) is 5.28. The van der Waals surface area contributed by atoms with Crippen LogP contribution in [0.1, 0.15) is 55.4 Å². The van der Waals surface area contributed by atoms with Gasteiger partial charge < -0.3 is 14.4 Å². The van der Waals surface area contributed by atoms with Gasteiger partial charge in [-0.3, -0.25) is 0 Å². The number of halogens is 1. The predicted molar refractivity (Wildman–Crippen MR) is 174 cm³/mol. The highest BCUT2D eigenvalue weighted by Crippen LogP contribution is 2.38. The second-order valence-electron chi connectivity index (χ2n) is 11.2. The average Bonchev–Trinajstić information content (AvgIpc) is 3.44. The molecule has 1 saturated carbocycles. The van der Waals surface area contributed by atoms with E-state index in [0.29, 0.717) is 22.7 Å². The SMILES string of the molecule is CCOC(=O)c1cnc2c(c1)nc(-c1ccc3nc(-c4cc(O)ccc4-c4ccc(Cl)cc4)ccc3c1)n2C1CCCCC1. The zero-order valence-electron chi connectivity index (χ0n) is 24.3. The van der Waals surface area contributed by atoms with Gasteiger partial charge in [0.2, 0.25) is 0 Å². The zero-order chi connectivity index (χ0) is 30.2. The summed E-state index contributed by atoms with van der Waals surface area (Å²) in [7, 11) is 0. The van der Waals surface area contributed by atoms with Crippen molar-refractivity contribution in [1.29, 1.82) is 0 Å². The Morgan fingerprint density at radius 3 is 2.48 bits per heavy atom. The number of aromatic hydroxyl groups is 1. The minimum absolute atomic E-state index is 0.177. The maximum atomic E-state index is 12.4. The van der Waals surface area contributed by atoms with Crippen LogP contribution in [0.15, 0.2) is 85.1 Å². The number of nitrogens with zero attached hydrogens (tertiary/aromatic N) is 4. The molecule has 0 aliphatic heterocycles. The van der Waals surface area contributed by atoms with Crippen LogP contribution < -0.4 is 0 Å². The molecule has 44 heavy (non-hydrogen) atoms. The lowest BCUT2D eigenvalue weighted by Crippen LogP contribution is -2.14. The van der Waals surface area contributed by atoms with Crippen molar-refractivity contribution in [2.75, 3.05) is 6.61 Å². The number of phenols is 1. The maximum Gasteiger partial charge on any atom is 0.339 e. The van der Waals surface area contributed by atoms with Crippen molar-refractivity contribution in [1.82, 2.24) is 19.5 Å². The van der Waals surface area contributed by atoms with Gasteiger partial charge in [0.25, 0.3) is 0 Å². The van der Waals surface area contributed by atoms with Crippen molar-refractivity contribution < 1.29 is 14.6 Å². The van der Waals surface area contributed by atoms with Gasteiger partial charge in [0.15, 0.2) is 5.65 Å². The Labute approximate surface area is 260 Å². The van der Waals surface area contributed by atoms with Gasteiger partial charge >= 0.3 is 5.97 Å². The summed E-state index contributed by atoms with van der Waals surface area (Å²) in [5, 5.41) is 12.0. The summed E-state index contributed by atoms with van der Waals surface area (Å²) >= 11 is 6.13. The van der Waals surface area contributed by atoms with Crippen molar-refractivity contribution in [3.8, 4) is 39.5 Å². The first kappa shape index (κ1) is 28.0. The number of esters is 1. The Morgan fingerprint density at radius 1 is 0.886 bits per heavy atom. The van der Waals surface area contributed by atoms with Crippen LogP contribution >= 0.6 is 11.6 Å². The summed E-state index contributed by atoms with van der Waals surface area (Å²) in [6.07, 6.45) is 7.30. The topological polar surface area (TPSA) is 90.1 Å². The van der Waals surface area contributed by atoms with Gasteiger partial charge in [0, 0.05) is 33.8 Å². The standard InChI is InChI=1S/C36H31ClN4O3/c1-2-44-36(43)25-19-33-35(38-21-25)41(27-6-4-3-5-7-27)34(40-33)24-11-16-31-23(18-24)10-17-32(39-31)30-20-28(42)14-15-29(30)22-8-12-26(37)13-9-22/h8-21,27,42H,2-7H2,1H3. The van der Waals surface area contributed by atoms with Gasteiger partial charge in [0.1, 0.15) is 17.1 Å². The number of aromatic nitrogens is 4. The van der Waals surface area contributed by atoms with Crippen LogP contribution in [-0.4, -0.2) is 37.2 Å². The Bertz CT molecular complexity index is 2010. The van der Waals surface area contributed by atoms with Gasteiger partial charge in [0.05, 0.1) is 23.4 Å². The fraction of sp³-hybridized carbons (Fsp3) is 0.222. The number of imidazole rings is 1. The smallest absolute Gasteiger partial charge is 0.339 e. The van der Waals surface area contributed by atoms with Gasteiger partial charge in [-0.25, -0.2) is 19.7 Å². The molecule has 0 unspecified atom stereocenters. The highest BCUT2D eigenvalue weighted by molar-refractivity contribution is 6.30. The van der Waals surface area contributed by atoms with E-state index in [0.717, 1.165) is 63.2 Å². The number of carbonyl (C=O) groups excluding carboxylic acids is 1. The number of ether oxygens (including phenoxy) is 1. The molecule has 0 radical (unpaired) electrons. The third-order valence-electron chi connectivity index (χ3n) is 8.36. The van der Waals surface area contributed by atoms with E-state index in [1.54, 1.807) is 31.3 Å². The van der Waals surface area contributed by atoms with Gasteiger partial charge in [-0.05, 0) is 85.5 Å². The number of pyridine rings is 2. The van der Waals surface area contributed by atoms with E-state index in [2.05, 4.69) is 22.8 Å². The van der Waals surface area contributed by atoms with Gasteiger partial charge in [-0.2, -0.15) is 0 Å². The molecule has 1 N–H and O–H groups in total. The molecule has 7 nitrogen and oxygen atoms in total. The highest BCUT2D eigenvalue weighted by Gasteiger charge is 2.24. The molecule has 3 aromatic carbocycles. The Balaban J connectivity index is 1.31. The summed E-state index contributed by atoms with van der Waals surface area (Å²) in [5.74, 6) is 0.620. The summed E-state index contributed by atoms with van der Waals surface area (Å²) in [5.41, 5.74) is 7.21. The number of hydrogen-bond acceptors (Lipinski definition) is 6. The summed E-state index contributed by atoms with van der Waals surface area (Å²) in [6, 6.07) is 25.3. The fourth-order valence-corrected chi connectivity index (χ4v) is 6.36. The maximum absolute atomic E-state index is 12.4. The van der Waals surface area contributed by atoms with E-state index in [-0.39, 0.29) is 11.8 Å². The summed E-state index contributed by atoms with van der Waals surface area (Å²) in [6.45, 7) is 2.10. The predicted octanol–water partition coefficient (Wildman–Crippen LogP) is 9.02. The van der Waals surface area contributed by atoms with Crippen LogP contribution in [-0.2, 0) is 4.74 Å². The Morgan fingerprint density at radius 2 is 1.68 bits per heavy atom. The van der Waals surface area contributed by atoms with Crippen molar-refractivity contribution in [2.45, 2.75) is 45.1 Å². The van der Waals surface area contributed by atoms with Crippen LogP contribution in [0.5, 0.6) is 5.75 Å². The summed E-state index contributed by atoms with van der Waals surface area (Å²) < 4.78 is 7.47. The van der Waals surface area contributed by atoms with Crippen LogP contribution in [0, 0.1) is 0 Å². The molecule has 3 aromatic heterocycles. The quantitative estimate of drug-likeness (QED) is 0.191. The molecule has 3 heterocycles. The number of phenolic OH excluding ortho intramolecular Hbond substituents is 1. The van der Waals surface area contributed by atoms with E-state index in [1.165, 1.54) is 19.3 Å². The average molecular weight is 603 g/mol. The molecule has 0 spiro atoms. The van der Waals surface area contributed by atoms with Crippen molar-refractivity contribution in [2.24, 2.45) is 0 Å². The normalized spacial score (nSPS) is 13.9. The van der Waals surface area contributed by atoms with Gasteiger partial charge in [-0.15, -0.1) is 0 Å². The van der Waals surface area contributed by atoms with E-state index >= 15 is 0 Å². The first-order valence-corrected chi connectivity index (χ1v) is 15.4. The number of hydrogen-bond donors (Lipinski definition) is 1. The van der Waals surface area contributed by atoms with E-state index < -0.39 is 5.97 Å². The number of benzene rings is 3. The first-order chi connectivity index (χ1) is 21.5. The molecule has 0 amide bonds.